The van der Waals surface area contributed by atoms with Crippen LogP contribution in [0.25, 0.3) is 0 Å². The van der Waals surface area contributed by atoms with Gasteiger partial charge in [0.15, 0.2) is 0 Å². The molecule has 0 spiro atoms. The van der Waals surface area contributed by atoms with Crippen molar-refractivity contribution in [2.45, 2.75) is 24.9 Å². The van der Waals surface area contributed by atoms with Gasteiger partial charge in [-0.1, -0.05) is 6.07 Å². The molecule has 1 fully saturated rings. The molecule has 1 aliphatic rings. The largest absolute Gasteiger partial charge is 0.448 e. The Balaban J connectivity index is 1.98. The van der Waals surface area contributed by atoms with Crippen LogP contribution in [0.3, 0.4) is 0 Å². The van der Waals surface area contributed by atoms with Crippen LogP contribution >= 0.6 is 0 Å². The van der Waals surface area contributed by atoms with E-state index in [9.17, 15) is 12.8 Å². The van der Waals surface area contributed by atoms with Crippen LogP contribution in [-0.2, 0) is 10.0 Å². The minimum atomic E-state index is -3.95. The normalized spacial score (nSPS) is 15.3. The van der Waals surface area contributed by atoms with Crippen LogP contribution in [-0.4, -0.2) is 21.5 Å². The molecule has 0 amide bonds. The Bertz CT molecular complexity index is 780. The number of anilines is 2. The number of furan rings is 1. The standard InChI is InChI=1S/C15H17FN2O3S/c1-11-7-8-14(21-11)22(19,20)17-15-12(16)5-4-6-13(15)18-9-2-3-10-18/h4-8,17H,2-3,9-10H2,1H3. The Hall–Kier alpha value is -2.02. The molecule has 0 unspecified atom stereocenters. The fourth-order valence-corrected chi connectivity index (χ4v) is 3.64. The number of halogens is 1. The third-order valence-corrected chi connectivity index (χ3v) is 4.88. The summed E-state index contributed by atoms with van der Waals surface area (Å²) in [5.74, 6) is -0.120. The van der Waals surface area contributed by atoms with Crippen molar-refractivity contribution < 1.29 is 17.2 Å². The molecule has 7 heteroatoms. The van der Waals surface area contributed by atoms with Crippen molar-refractivity contribution in [3.8, 4) is 0 Å². The molecular weight excluding hydrogens is 307 g/mol. The summed E-state index contributed by atoms with van der Waals surface area (Å²) in [6.45, 7) is 3.23. The van der Waals surface area contributed by atoms with Crippen molar-refractivity contribution in [2.75, 3.05) is 22.7 Å². The van der Waals surface area contributed by atoms with Crippen molar-refractivity contribution in [2.24, 2.45) is 0 Å². The smallest absolute Gasteiger partial charge is 0.295 e. The molecule has 0 saturated carbocycles. The first-order chi connectivity index (χ1) is 10.5. The van der Waals surface area contributed by atoms with Gasteiger partial charge in [-0.3, -0.25) is 4.72 Å². The zero-order valence-corrected chi connectivity index (χ0v) is 13.0. The quantitative estimate of drug-likeness (QED) is 0.938. The number of hydrogen-bond donors (Lipinski definition) is 1. The van der Waals surface area contributed by atoms with Crippen LogP contribution in [0.5, 0.6) is 0 Å². The van der Waals surface area contributed by atoms with E-state index in [1.807, 2.05) is 4.90 Å². The predicted molar refractivity (Wildman–Crippen MR) is 82.1 cm³/mol. The van der Waals surface area contributed by atoms with Crippen molar-refractivity contribution in [3.63, 3.8) is 0 Å². The van der Waals surface area contributed by atoms with Crippen molar-refractivity contribution in [1.82, 2.24) is 0 Å². The van der Waals surface area contributed by atoms with Crippen LogP contribution in [0.1, 0.15) is 18.6 Å². The number of rotatable bonds is 4. The summed E-state index contributed by atoms with van der Waals surface area (Å²) in [4.78, 5) is 1.98. The number of para-hydroxylation sites is 1. The van der Waals surface area contributed by atoms with Gasteiger partial charge in [0.2, 0.25) is 5.09 Å². The molecule has 3 rings (SSSR count). The first kappa shape index (κ1) is 14.9. The van der Waals surface area contributed by atoms with Gasteiger partial charge >= 0.3 is 0 Å². The predicted octanol–water partition coefficient (Wildman–Crippen LogP) is 3.13. The molecule has 1 saturated heterocycles. The minimum absolute atomic E-state index is 0.0292. The fourth-order valence-electron chi connectivity index (χ4n) is 2.58. The number of nitrogens with zero attached hydrogens (tertiary/aromatic N) is 1. The molecular formula is C15H17FN2O3S. The van der Waals surface area contributed by atoms with Crippen LogP contribution in [0.15, 0.2) is 39.8 Å². The zero-order chi connectivity index (χ0) is 15.7. The summed E-state index contributed by atoms with van der Waals surface area (Å²) >= 11 is 0. The van der Waals surface area contributed by atoms with Crippen molar-refractivity contribution in [1.29, 1.82) is 0 Å². The Morgan fingerprint density at radius 1 is 1.18 bits per heavy atom. The summed E-state index contributed by atoms with van der Waals surface area (Å²) in [7, 11) is -3.95. The molecule has 0 radical (unpaired) electrons. The lowest BCUT2D eigenvalue weighted by atomic mass is 10.2. The van der Waals surface area contributed by atoms with Gasteiger partial charge in [0, 0.05) is 13.1 Å². The molecule has 0 aliphatic carbocycles. The van der Waals surface area contributed by atoms with Crippen LogP contribution < -0.4 is 9.62 Å². The van der Waals surface area contributed by atoms with Crippen LogP contribution in [0.4, 0.5) is 15.8 Å². The molecule has 1 N–H and O–H groups in total. The molecule has 0 atom stereocenters. The van der Waals surface area contributed by atoms with Crippen LogP contribution in [0.2, 0.25) is 0 Å². The lowest BCUT2D eigenvalue weighted by Gasteiger charge is -2.22. The van der Waals surface area contributed by atoms with Gasteiger partial charge in [-0.25, -0.2) is 4.39 Å². The van der Waals surface area contributed by atoms with E-state index in [0.29, 0.717) is 11.4 Å². The summed E-state index contributed by atoms with van der Waals surface area (Å²) in [5, 5.41) is -0.222. The second-order valence-electron chi connectivity index (χ2n) is 5.30. The third kappa shape index (κ3) is 2.81. The second-order valence-corrected chi connectivity index (χ2v) is 6.91. The number of hydrogen-bond acceptors (Lipinski definition) is 4. The fraction of sp³-hybridized carbons (Fsp3) is 0.333. The van der Waals surface area contributed by atoms with Gasteiger partial charge in [0.25, 0.3) is 10.0 Å². The Labute approximate surface area is 128 Å². The zero-order valence-electron chi connectivity index (χ0n) is 12.2. The van der Waals surface area contributed by atoms with Gasteiger partial charge in [-0.2, -0.15) is 8.42 Å². The Morgan fingerprint density at radius 2 is 1.91 bits per heavy atom. The maximum Gasteiger partial charge on any atom is 0.295 e. The van der Waals surface area contributed by atoms with E-state index in [2.05, 4.69) is 4.72 Å². The number of aryl methyl sites for hydroxylation is 1. The highest BCUT2D eigenvalue weighted by Crippen LogP contribution is 2.33. The maximum atomic E-state index is 14.2. The summed E-state index contributed by atoms with van der Waals surface area (Å²) in [6, 6.07) is 7.45. The summed E-state index contributed by atoms with van der Waals surface area (Å²) in [5.41, 5.74) is 0.530. The first-order valence-electron chi connectivity index (χ1n) is 7.10. The second kappa shape index (κ2) is 5.64. The number of sulfonamides is 1. The average Bonchev–Trinajstić information content (AvgIpc) is 3.12. The highest BCUT2D eigenvalue weighted by molar-refractivity contribution is 7.92. The highest BCUT2D eigenvalue weighted by Gasteiger charge is 2.24. The summed E-state index contributed by atoms with van der Waals surface area (Å²) < 4.78 is 46.3. The Kier molecular flexibility index (Phi) is 3.82. The van der Waals surface area contributed by atoms with Crippen LogP contribution in [0, 0.1) is 12.7 Å². The monoisotopic (exact) mass is 324 g/mol. The molecule has 118 valence electrons. The van der Waals surface area contributed by atoms with Gasteiger partial charge in [-0.15, -0.1) is 0 Å². The molecule has 1 aliphatic heterocycles. The minimum Gasteiger partial charge on any atom is -0.448 e. The molecule has 5 nitrogen and oxygen atoms in total. The van der Waals surface area contributed by atoms with Gasteiger partial charge in [-0.05, 0) is 44.0 Å². The topological polar surface area (TPSA) is 62.6 Å². The molecule has 0 bridgehead atoms. The van der Waals surface area contributed by atoms with E-state index in [0.717, 1.165) is 25.9 Å². The number of benzene rings is 1. The molecule has 2 aromatic rings. The van der Waals surface area contributed by atoms with Crippen molar-refractivity contribution in [3.05, 3.63) is 41.9 Å². The van der Waals surface area contributed by atoms with E-state index in [1.54, 1.807) is 25.1 Å². The SMILES string of the molecule is Cc1ccc(S(=O)(=O)Nc2c(F)cccc2N2CCCC2)o1. The average molecular weight is 324 g/mol. The highest BCUT2D eigenvalue weighted by atomic mass is 32.2. The van der Waals surface area contributed by atoms with E-state index >= 15 is 0 Å². The van der Waals surface area contributed by atoms with Gasteiger partial charge in [0.05, 0.1) is 5.69 Å². The van der Waals surface area contributed by atoms with E-state index in [4.69, 9.17) is 4.42 Å². The van der Waals surface area contributed by atoms with Gasteiger partial charge < -0.3 is 9.32 Å². The first-order valence-corrected chi connectivity index (χ1v) is 8.58. The number of nitrogens with one attached hydrogen (secondary N) is 1. The maximum absolute atomic E-state index is 14.2. The molecule has 22 heavy (non-hydrogen) atoms. The van der Waals surface area contributed by atoms with Gasteiger partial charge in [0.1, 0.15) is 17.3 Å². The summed E-state index contributed by atoms with van der Waals surface area (Å²) in [6.07, 6.45) is 2.03. The van der Waals surface area contributed by atoms with E-state index in [1.165, 1.54) is 12.1 Å². The molecule has 2 heterocycles. The lowest BCUT2D eigenvalue weighted by molar-refractivity contribution is 0.430. The Morgan fingerprint density at radius 3 is 2.55 bits per heavy atom. The lowest BCUT2D eigenvalue weighted by Crippen LogP contribution is -2.22. The van der Waals surface area contributed by atoms with E-state index in [-0.39, 0.29) is 10.8 Å². The third-order valence-electron chi connectivity index (χ3n) is 3.66. The molecule has 1 aromatic heterocycles. The van der Waals surface area contributed by atoms with E-state index < -0.39 is 15.8 Å². The van der Waals surface area contributed by atoms with Crippen molar-refractivity contribution >= 4 is 21.4 Å². The molecule has 1 aromatic carbocycles.